The van der Waals surface area contributed by atoms with Crippen LogP contribution < -0.4 is 10.0 Å². The summed E-state index contributed by atoms with van der Waals surface area (Å²) < 4.78 is 27.5. The normalized spacial score (nSPS) is 15.0. The first-order chi connectivity index (χ1) is 12.6. The Labute approximate surface area is 157 Å². The smallest absolute Gasteiger partial charge is 0.329 e. The van der Waals surface area contributed by atoms with Crippen molar-refractivity contribution in [1.82, 2.24) is 5.32 Å². The number of carbonyl (C=O) groups excluding carboxylic acids is 1. The summed E-state index contributed by atoms with van der Waals surface area (Å²) in [7, 11) is -3.74. The van der Waals surface area contributed by atoms with Gasteiger partial charge in [0.2, 0.25) is 0 Å². The molecule has 0 aromatic heterocycles. The van der Waals surface area contributed by atoms with Gasteiger partial charge in [-0.15, -0.1) is 0 Å². The van der Waals surface area contributed by atoms with Crippen LogP contribution in [0.15, 0.2) is 47.4 Å². The van der Waals surface area contributed by atoms with E-state index in [4.69, 9.17) is 5.11 Å². The number of carbonyl (C=O) groups is 2. The fourth-order valence-corrected chi connectivity index (χ4v) is 3.73. The van der Waals surface area contributed by atoms with E-state index >= 15 is 0 Å². The van der Waals surface area contributed by atoms with Gasteiger partial charge >= 0.3 is 5.97 Å². The molecule has 1 amide bonds. The number of hydrogen-bond donors (Lipinski definition) is 3. The van der Waals surface area contributed by atoms with E-state index in [1.54, 1.807) is 12.1 Å². The maximum atomic E-state index is 12.5. The van der Waals surface area contributed by atoms with Crippen molar-refractivity contribution < 1.29 is 23.1 Å². The van der Waals surface area contributed by atoms with Gasteiger partial charge in [-0.05, 0) is 74.2 Å². The summed E-state index contributed by atoms with van der Waals surface area (Å²) in [5.74, 6) is -1.55. The van der Waals surface area contributed by atoms with Crippen LogP contribution in [-0.2, 0) is 14.8 Å². The van der Waals surface area contributed by atoms with Crippen molar-refractivity contribution in [2.75, 3.05) is 4.72 Å². The van der Waals surface area contributed by atoms with Gasteiger partial charge in [0.25, 0.3) is 15.9 Å². The molecule has 0 radical (unpaired) electrons. The highest BCUT2D eigenvalue weighted by molar-refractivity contribution is 7.92. The van der Waals surface area contributed by atoms with Crippen molar-refractivity contribution in [3.05, 3.63) is 59.2 Å². The van der Waals surface area contributed by atoms with Crippen molar-refractivity contribution in [2.24, 2.45) is 0 Å². The third kappa shape index (κ3) is 3.95. The molecule has 7 nitrogen and oxygen atoms in total. The van der Waals surface area contributed by atoms with E-state index in [-0.39, 0.29) is 10.5 Å². The average molecular weight is 388 g/mol. The first-order valence-corrected chi connectivity index (χ1v) is 9.87. The van der Waals surface area contributed by atoms with Crippen LogP contribution in [-0.4, -0.2) is 30.9 Å². The zero-order valence-corrected chi connectivity index (χ0v) is 15.8. The van der Waals surface area contributed by atoms with E-state index in [2.05, 4.69) is 10.0 Å². The molecule has 27 heavy (non-hydrogen) atoms. The van der Waals surface area contributed by atoms with Gasteiger partial charge < -0.3 is 10.4 Å². The predicted molar refractivity (Wildman–Crippen MR) is 100 cm³/mol. The van der Waals surface area contributed by atoms with E-state index < -0.39 is 27.4 Å². The largest absolute Gasteiger partial charge is 0.480 e. The maximum Gasteiger partial charge on any atom is 0.329 e. The molecular formula is C19H20N2O5S. The lowest BCUT2D eigenvalue weighted by Crippen LogP contribution is -2.43. The Kier molecular flexibility index (Phi) is 4.69. The van der Waals surface area contributed by atoms with Crippen LogP contribution >= 0.6 is 0 Å². The predicted octanol–water partition coefficient (Wildman–Crippen LogP) is 2.45. The minimum absolute atomic E-state index is 0.157. The molecule has 0 saturated heterocycles. The molecule has 2 aromatic carbocycles. The van der Waals surface area contributed by atoms with Crippen molar-refractivity contribution in [2.45, 2.75) is 37.1 Å². The number of amides is 1. The van der Waals surface area contributed by atoms with E-state index in [1.165, 1.54) is 30.3 Å². The highest BCUT2D eigenvalue weighted by atomic mass is 32.2. The summed E-state index contributed by atoms with van der Waals surface area (Å²) >= 11 is 0. The van der Waals surface area contributed by atoms with Gasteiger partial charge in [0.1, 0.15) is 5.54 Å². The topological polar surface area (TPSA) is 113 Å². The number of aliphatic carboxylic acids is 1. The second-order valence-corrected chi connectivity index (χ2v) is 8.45. The van der Waals surface area contributed by atoms with Crippen molar-refractivity contribution >= 4 is 27.6 Å². The molecule has 1 aliphatic rings. The molecule has 1 saturated carbocycles. The van der Waals surface area contributed by atoms with Crippen LogP contribution in [0.1, 0.15) is 34.3 Å². The summed E-state index contributed by atoms with van der Waals surface area (Å²) in [6.45, 7) is 3.74. The Hall–Kier alpha value is -2.87. The molecule has 2 aromatic rings. The van der Waals surface area contributed by atoms with Crippen LogP contribution in [0.25, 0.3) is 0 Å². The Morgan fingerprint density at radius 1 is 1.00 bits per heavy atom. The van der Waals surface area contributed by atoms with Crippen LogP contribution in [0.4, 0.5) is 5.69 Å². The molecule has 0 bridgehead atoms. The fraction of sp³-hybridized carbons (Fsp3) is 0.263. The summed E-state index contributed by atoms with van der Waals surface area (Å²) in [5.41, 5.74) is 1.28. The maximum absolute atomic E-state index is 12.5. The number of anilines is 1. The number of nitrogens with one attached hydrogen (secondary N) is 2. The first-order valence-electron chi connectivity index (χ1n) is 8.39. The molecule has 0 aliphatic heterocycles. The van der Waals surface area contributed by atoms with Crippen LogP contribution in [0.5, 0.6) is 0 Å². The summed E-state index contributed by atoms with van der Waals surface area (Å²) in [4.78, 5) is 23.5. The van der Waals surface area contributed by atoms with Crippen LogP contribution in [0.3, 0.4) is 0 Å². The number of benzene rings is 2. The number of hydrogen-bond acceptors (Lipinski definition) is 4. The minimum atomic E-state index is -3.74. The second-order valence-electron chi connectivity index (χ2n) is 6.77. The molecule has 8 heteroatoms. The fourth-order valence-electron chi connectivity index (χ4n) is 2.59. The van der Waals surface area contributed by atoms with E-state index in [1.807, 2.05) is 13.8 Å². The van der Waals surface area contributed by atoms with Crippen LogP contribution in [0, 0.1) is 13.8 Å². The Balaban J connectivity index is 1.72. The van der Waals surface area contributed by atoms with Crippen molar-refractivity contribution in [3.63, 3.8) is 0 Å². The van der Waals surface area contributed by atoms with Crippen LogP contribution in [0.2, 0.25) is 0 Å². The molecule has 3 N–H and O–H groups in total. The zero-order chi connectivity index (χ0) is 19.8. The molecule has 0 spiro atoms. The zero-order valence-electron chi connectivity index (χ0n) is 14.9. The molecule has 0 atom stereocenters. The number of carboxylic acid groups (broad SMARTS) is 1. The molecule has 0 heterocycles. The molecule has 3 rings (SSSR count). The van der Waals surface area contributed by atoms with Gasteiger partial charge in [-0.3, -0.25) is 9.52 Å². The average Bonchev–Trinajstić information content (AvgIpc) is 3.38. The molecular weight excluding hydrogens is 368 g/mol. The van der Waals surface area contributed by atoms with E-state index in [0.29, 0.717) is 18.5 Å². The summed E-state index contributed by atoms with van der Waals surface area (Å²) in [6.07, 6.45) is 0.809. The van der Waals surface area contributed by atoms with Crippen molar-refractivity contribution in [1.29, 1.82) is 0 Å². The summed E-state index contributed by atoms with van der Waals surface area (Å²) in [6, 6.07) is 10.7. The molecule has 1 aliphatic carbocycles. The highest BCUT2D eigenvalue weighted by Gasteiger charge is 2.51. The summed E-state index contributed by atoms with van der Waals surface area (Å²) in [5, 5.41) is 11.6. The molecule has 0 unspecified atom stereocenters. The third-order valence-electron chi connectivity index (χ3n) is 4.70. The lowest BCUT2D eigenvalue weighted by molar-refractivity contribution is -0.140. The highest BCUT2D eigenvalue weighted by Crippen LogP contribution is 2.35. The van der Waals surface area contributed by atoms with Gasteiger partial charge in [0.05, 0.1) is 4.90 Å². The van der Waals surface area contributed by atoms with Gasteiger partial charge in [-0.2, -0.15) is 0 Å². The standard InChI is InChI=1S/C19H20N2O5S/c1-12-3-8-16(11-13(12)2)27(25,26)21-15-6-4-14(5-7-15)17(22)20-19(9-10-19)18(23)24/h3-8,11,21H,9-10H2,1-2H3,(H,20,22)(H,23,24). The Morgan fingerprint density at radius 3 is 2.15 bits per heavy atom. The quantitative estimate of drug-likeness (QED) is 0.704. The lowest BCUT2D eigenvalue weighted by atomic mass is 10.1. The minimum Gasteiger partial charge on any atom is -0.480 e. The van der Waals surface area contributed by atoms with Gasteiger partial charge in [0.15, 0.2) is 0 Å². The van der Waals surface area contributed by atoms with E-state index in [9.17, 15) is 18.0 Å². The third-order valence-corrected chi connectivity index (χ3v) is 6.08. The van der Waals surface area contributed by atoms with Gasteiger partial charge in [-0.1, -0.05) is 6.07 Å². The van der Waals surface area contributed by atoms with Crippen molar-refractivity contribution in [3.8, 4) is 0 Å². The molecule has 142 valence electrons. The SMILES string of the molecule is Cc1ccc(S(=O)(=O)Nc2ccc(C(=O)NC3(C(=O)O)CC3)cc2)cc1C. The number of aryl methyl sites for hydroxylation is 2. The number of rotatable bonds is 6. The number of sulfonamides is 1. The number of carboxylic acids is 1. The Bertz CT molecular complexity index is 1010. The van der Waals surface area contributed by atoms with E-state index in [0.717, 1.165) is 11.1 Å². The first kappa shape index (κ1) is 18.9. The molecule has 1 fully saturated rings. The second kappa shape index (κ2) is 6.70. The Morgan fingerprint density at radius 2 is 1.63 bits per heavy atom. The monoisotopic (exact) mass is 388 g/mol. The lowest BCUT2D eigenvalue weighted by Gasteiger charge is -2.13. The van der Waals surface area contributed by atoms with Gasteiger partial charge in [0, 0.05) is 11.3 Å². The van der Waals surface area contributed by atoms with Gasteiger partial charge in [-0.25, -0.2) is 13.2 Å².